The van der Waals surface area contributed by atoms with Crippen LogP contribution >= 0.6 is 11.6 Å². The van der Waals surface area contributed by atoms with Crippen molar-refractivity contribution >= 4 is 22.8 Å². The highest BCUT2D eigenvalue weighted by Gasteiger charge is 2.16. The molecule has 2 aromatic heterocycles. The zero-order chi connectivity index (χ0) is 14.7. The molecule has 0 N–H and O–H groups in total. The Bertz CT molecular complexity index is 574. The maximum atomic E-state index is 6.06. The lowest BCUT2D eigenvalue weighted by molar-refractivity contribution is 0.446. The number of halogens is 1. The van der Waals surface area contributed by atoms with Gasteiger partial charge in [0.1, 0.15) is 11.3 Å². The Morgan fingerprint density at radius 1 is 1.25 bits per heavy atom. The first-order chi connectivity index (χ1) is 9.52. The highest BCUT2D eigenvalue weighted by atomic mass is 35.5. The third-order valence-corrected chi connectivity index (χ3v) is 3.94. The number of rotatable bonds is 6. The van der Waals surface area contributed by atoms with Gasteiger partial charge in [0.25, 0.3) is 0 Å². The van der Waals surface area contributed by atoms with E-state index in [1.807, 2.05) is 13.1 Å². The van der Waals surface area contributed by atoms with Gasteiger partial charge >= 0.3 is 0 Å². The highest BCUT2D eigenvalue weighted by Crippen LogP contribution is 2.25. The van der Waals surface area contributed by atoms with Gasteiger partial charge in [0.2, 0.25) is 0 Å². The van der Waals surface area contributed by atoms with Gasteiger partial charge in [0, 0.05) is 12.2 Å². The van der Waals surface area contributed by atoms with Gasteiger partial charge in [0.15, 0.2) is 5.65 Å². The van der Waals surface area contributed by atoms with Crippen molar-refractivity contribution in [2.75, 3.05) is 0 Å². The van der Waals surface area contributed by atoms with E-state index in [1.54, 1.807) is 0 Å². The van der Waals surface area contributed by atoms with Crippen molar-refractivity contribution in [3.63, 3.8) is 0 Å². The van der Waals surface area contributed by atoms with Gasteiger partial charge in [-0.25, -0.2) is 9.97 Å². The third kappa shape index (κ3) is 3.32. The van der Waals surface area contributed by atoms with Crippen LogP contribution in [0.25, 0.3) is 11.2 Å². The van der Waals surface area contributed by atoms with E-state index in [-0.39, 0.29) is 0 Å². The van der Waals surface area contributed by atoms with Gasteiger partial charge in [-0.05, 0) is 37.8 Å². The molecule has 0 bridgehead atoms. The number of aromatic nitrogens is 3. The number of fused-ring (bicyclic) bond motifs is 1. The van der Waals surface area contributed by atoms with Crippen molar-refractivity contribution in [3.8, 4) is 0 Å². The maximum absolute atomic E-state index is 6.06. The zero-order valence-electron chi connectivity index (χ0n) is 12.9. The summed E-state index contributed by atoms with van der Waals surface area (Å²) in [7, 11) is 0. The van der Waals surface area contributed by atoms with Crippen molar-refractivity contribution in [2.45, 2.75) is 58.9 Å². The minimum absolute atomic E-state index is 0.391. The lowest BCUT2D eigenvalue weighted by Gasteiger charge is -2.17. The number of hydrogen-bond acceptors (Lipinski definition) is 2. The summed E-state index contributed by atoms with van der Waals surface area (Å²) in [5.74, 6) is 2.12. The van der Waals surface area contributed by atoms with E-state index < -0.39 is 0 Å². The molecular formula is C16H24ClN3. The Labute approximate surface area is 126 Å². The molecule has 20 heavy (non-hydrogen) atoms. The van der Waals surface area contributed by atoms with Crippen LogP contribution in [-0.4, -0.2) is 14.5 Å². The summed E-state index contributed by atoms with van der Waals surface area (Å²) in [5.41, 5.74) is 3.05. The van der Waals surface area contributed by atoms with Gasteiger partial charge in [-0.15, -0.1) is 11.6 Å². The fraction of sp³-hybridized carbons (Fsp3) is 0.625. The lowest BCUT2D eigenvalue weighted by atomic mass is 10.0. The number of aryl methyl sites for hydroxylation is 1. The number of pyridine rings is 1. The summed E-state index contributed by atoms with van der Waals surface area (Å²) in [5, 5.41) is 0. The summed E-state index contributed by atoms with van der Waals surface area (Å²) < 4.78 is 2.21. The molecule has 0 saturated carbocycles. The molecule has 1 atom stereocenters. The second kappa shape index (κ2) is 6.57. The van der Waals surface area contributed by atoms with Crippen molar-refractivity contribution in [1.29, 1.82) is 0 Å². The van der Waals surface area contributed by atoms with Crippen LogP contribution in [0.5, 0.6) is 0 Å². The molecule has 0 aliphatic rings. The molecule has 0 radical (unpaired) electrons. The van der Waals surface area contributed by atoms with Crippen LogP contribution in [0.2, 0.25) is 0 Å². The molecule has 0 fully saturated rings. The average molecular weight is 294 g/mol. The molecule has 2 rings (SSSR count). The van der Waals surface area contributed by atoms with E-state index in [9.17, 15) is 0 Å². The minimum atomic E-state index is 0.391. The molecule has 2 heterocycles. The monoisotopic (exact) mass is 293 g/mol. The van der Waals surface area contributed by atoms with Crippen LogP contribution in [0.15, 0.2) is 12.3 Å². The summed E-state index contributed by atoms with van der Waals surface area (Å²) in [6.45, 7) is 8.81. The number of nitrogens with zero attached hydrogens (tertiary/aromatic N) is 3. The molecule has 0 saturated heterocycles. The summed E-state index contributed by atoms with van der Waals surface area (Å²) in [4.78, 5) is 9.18. The first-order valence-electron chi connectivity index (χ1n) is 7.42. The Balaban J connectivity index is 2.27. The molecular weight excluding hydrogens is 270 g/mol. The third-order valence-electron chi connectivity index (χ3n) is 3.70. The van der Waals surface area contributed by atoms with Crippen LogP contribution < -0.4 is 0 Å². The quantitative estimate of drug-likeness (QED) is 0.712. The summed E-state index contributed by atoms with van der Waals surface area (Å²) in [6, 6.07) is 2.47. The molecule has 0 amide bonds. The maximum Gasteiger partial charge on any atom is 0.160 e. The highest BCUT2D eigenvalue weighted by molar-refractivity contribution is 6.16. The van der Waals surface area contributed by atoms with Gasteiger partial charge < -0.3 is 4.57 Å². The van der Waals surface area contributed by atoms with Gasteiger partial charge in [0.05, 0.1) is 5.88 Å². The largest absolute Gasteiger partial charge is 0.309 e. The number of hydrogen-bond donors (Lipinski definition) is 0. The van der Waals surface area contributed by atoms with E-state index in [1.165, 1.54) is 12.8 Å². The minimum Gasteiger partial charge on any atom is -0.309 e. The SMILES string of the molecule is Cc1cnc2c(c1)nc(CCl)n2C(C)CCCC(C)C. The molecule has 0 aliphatic carbocycles. The van der Waals surface area contributed by atoms with Crippen molar-refractivity contribution in [3.05, 3.63) is 23.7 Å². The van der Waals surface area contributed by atoms with Gasteiger partial charge in [-0.2, -0.15) is 0 Å². The molecule has 3 nitrogen and oxygen atoms in total. The second-order valence-electron chi connectivity index (χ2n) is 6.06. The van der Waals surface area contributed by atoms with Crippen LogP contribution in [0, 0.1) is 12.8 Å². The van der Waals surface area contributed by atoms with Crippen LogP contribution in [-0.2, 0) is 5.88 Å². The molecule has 0 spiro atoms. The van der Waals surface area contributed by atoms with E-state index in [2.05, 4.69) is 41.4 Å². The predicted octanol–water partition coefficient (Wildman–Crippen LogP) is 4.87. The van der Waals surface area contributed by atoms with E-state index in [4.69, 9.17) is 11.6 Å². The van der Waals surface area contributed by atoms with E-state index in [0.717, 1.165) is 34.9 Å². The molecule has 1 unspecified atom stereocenters. The molecule has 0 aromatic carbocycles. The molecule has 0 aliphatic heterocycles. The summed E-state index contributed by atoms with van der Waals surface area (Å²) >= 11 is 6.06. The van der Waals surface area contributed by atoms with E-state index in [0.29, 0.717) is 11.9 Å². The Kier molecular flexibility index (Phi) is 5.03. The van der Waals surface area contributed by atoms with E-state index >= 15 is 0 Å². The first kappa shape index (κ1) is 15.3. The average Bonchev–Trinajstić information content (AvgIpc) is 2.75. The predicted molar refractivity (Wildman–Crippen MR) is 85.2 cm³/mol. The van der Waals surface area contributed by atoms with Gasteiger partial charge in [-0.1, -0.05) is 26.7 Å². The van der Waals surface area contributed by atoms with Crippen molar-refractivity contribution in [1.82, 2.24) is 14.5 Å². The topological polar surface area (TPSA) is 30.7 Å². The first-order valence-corrected chi connectivity index (χ1v) is 7.95. The standard InChI is InChI=1S/C16H24ClN3/c1-11(2)6-5-7-13(4)20-15(9-17)19-14-8-12(3)10-18-16(14)20/h8,10-11,13H,5-7,9H2,1-4H3. The fourth-order valence-corrected chi connectivity index (χ4v) is 2.83. The number of alkyl halides is 1. The van der Waals surface area contributed by atoms with Crippen molar-refractivity contribution in [2.24, 2.45) is 5.92 Å². The Morgan fingerprint density at radius 2 is 2.00 bits per heavy atom. The summed E-state index contributed by atoms with van der Waals surface area (Å²) in [6.07, 6.45) is 5.54. The smallest absolute Gasteiger partial charge is 0.160 e. The zero-order valence-corrected chi connectivity index (χ0v) is 13.6. The van der Waals surface area contributed by atoms with Crippen LogP contribution in [0.4, 0.5) is 0 Å². The van der Waals surface area contributed by atoms with Crippen LogP contribution in [0.1, 0.15) is 57.5 Å². The Morgan fingerprint density at radius 3 is 2.65 bits per heavy atom. The molecule has 4 heteroatoms. The Hall–Kier alpha value is -1.09. The molecule has 110 valence electrons. The normalized spacial score (nSPS) is 13.3. The van der Waals surface area contributed by atoms with Gasteiger partial charge in [-0.3, -0.25) is 0 Å². The van der Waals surface area contributed by atoms with Crippen molar-refractivity contribution < 1.29 is 0 Å². The lowest BCUT2D eigenvalue weighted by Crippen LogP contribution is -2.09. The number of imidazole rings is 1. The van der Waals surface area contributed by atoms with Crippen LogP contribution in [0.3, 0.4) is 0 Å². The second-order valence-corrected chi connectivity index (χ2v) is 6.33. The fourth-order valence-electron chi connectivity index (χ4n) is 2.64. The molecule has 2 aromatic rings.